The van der Waals surface area contributed by atoms with Crippen molar-refractivity contribution in [3.05, 3.63) is 45.2 Å². The first-order valence-corrected chi connectivity index (χ1v) is 4.10. The van der Waals surface area contributed by atoms with Gasteiger partial charge in [-0.3, -0.25) is 10.1 Å². The van der Waals surface area contributed by atoms with Gasteiger partial charge in [-0.1, -0.05) is 6.07 Å². The zero-order chi connectivity index (χ0) is 11.4. The Labute approximate surface area is 141 Å². The molecular formula is C9H9N2O4Rb. The van der Waals surface area contributed by atoms with E-state index >= 15 is 0 Å². The number of rotatable bonds is 3. The number of methoxy groups -OCH3 is 1. The summed E-state index contributed by atoms with van der Waals surface area (Å²) < 4.78 is 4.44. The molecule has 0 aliphatic rings. The minimum absolute atomic E-state index is 0. The van der Waals surface area contributed by atoms with Gasteiger partial charge in [0.05, 0.1) is 17.6 Å². The van der Waals surface area contributed by atoms with Gasteiger partial charge in [0.15, 0.2) is 0 Å². The zero-order valence-electron chi connectivity index (χ0n) is 9.02. The standard InChI is InChI=1S/C9H9N2O4.Rb/c1-15-9(12)6-2-3-7(5-10)8(4-6)11(13)14;/h2-4,10H,5H2,1H3;/q-1;+1. The molecule has 0 saturated carbocycles. The van der Waals surface area contributed by atoms with E-state index in [0.29, 0.717) is 0 Å². The number of benzene rings is 1. The van der Waals surface area contributed by atoms with Gasteiger partial charge in [0.1, 0.15) is 0 Å². The number of nitrogens with one attached hydrogen (secondary N) is 1. The molecule has 0 radical (unpaired) electrons. The number of nitrogens with zero attached hydrogens (tertiary/aromatic N) is 1. The Morgan fingerprint density at radius 3 is 2.62 bits per heavy atom. The maximum absolute atomic E-state index is 11.1. The molecule has 1 rings (SSSR count). The van der Waals surface area contributed by atoms with E-state index in [1.165, 1.54) is 19.2 Å². The summed E-state index contributed by atoms with van der Waals surface area (Å²) in [5.74, 6) is -0.630. The average molecular weight is 295 g/mol. The van der Waals surface area contributed by atoms with Crippen molar-refractivity contribution in [1.29, 1.82) is 0 Å². The van der Waals surface area contributed by atoms with Crippen LogP contribution in [0.4, 0.5) is 5.69 Å². The number of nitro benzene ring substituents is 1. The molecule has 0 spiro atoms. The third-order valence-electron chi connectivity index (χ3n) is 1.89. The van der Waals surface area contributed by atoms with Crippen molar-refractivity contribution in [1.82, 2.24) is 0 Å². The van der Waals surface area contributed by atoms with E-state index in [1.807, 2.05) is 0 Å². The summed E-state index contributed by atoms with van der Waals surface area (Å²) in [5.41, 5.74) is 7.23. The molecule has 1 aromatic carbocycles. The number of ether oxygens (including phenoxy) is 1. The molecule has 0 aromatic heterocycles. The SMILES string of the molecule is COC(=O)c1ccc(C[NH-])c([N+](=O)[O-])c1.[Rb+]. The van der Waals surface area contributed by atoms with Crippen molar-refractivity contribution in [3.8, 4) is 0 Å². The molecule has 16 heavy (non-hydrogen) atoms. The van der Waals surface area contributed by atoms with Crippen LogP contribution in [-0.2, 0) is 11.3 Å². The molecule has 1 N–H and O–H groups in total. The normalized spacial score (nSPS) is 9.12. The van der Waals surface area contributed by atoms with Gasteiger partial charge in [0.2, 0.25) is 0 Å². The molecular weight excluding hydrogens is 286 g/mol. The molecule has 6 nitrogen and oxygen atoms in total. The predicted molar refractivity (Wildman–Crippen MR) is 52.5 cm³/mol. The summed E-state index contributed by atoms with van der Waals surface area (Å²) in [4.78, 5) is 21.1. The second kappa shape index (κ2) is 7.23. The van der Waals surface area contributed by atoms with Crippen LogP contribution < -0.4 is 58.2 Å². The van der Waals surface area contributed by atoms with Crippen LogP contribution in [0.15, 0.2) is 18.2 Å². The number of nitro groups is 1. The van der Waals surface area contributed by atoms with Crippen LogP contribution in [-0.4, -0.2) is 18.0 Å². The third-order valence-corrected chi connectivity index (χ3v) is 1.89. The summed E-state index contributed by atoms with van der Waals surface area (Å²) in [7, 11) is 1.20. The number of hydrogen-bond acceptors (Lipinski definition) is 4. The second-order valence-corrected chi connectivity index (χ2v) is 2.77. The monoisotopic (exact) mass is 294 g/mol. The van der Waals surface area contributed by atoms with Crippen molar-refractivity contribution in [2.75, 3.05) is 7.11 Å². The first kappa shape index (κ1) is 15.9. The van der Waals surface area contributed by atoms with Crippen molar-refractivity contribution in [2.45, 2.75) is 6.54 Å². The molecule has 0 heterocycles. The van der Waals surface area contributed by atoms with E-state index in [0.717, 1.165) is 6.07 Å². The first-order chi connectivity index (χ1) is 7.10. The van der Waals surface area contributed by atoms with Gasteiger partial charge in [-0.05, 0) is 6.07 Å². The van der Waals surface area contributed by atoms with Crippen molar-refractivity contribution >= 4 is 11.7 Å². The largest absolute Gasteiger partial charge is 1.00 e. The van der Waals surface area contributed by atoms with Gasteiger partial charge in [0.25, 0.3) is 5.69 Å². The topological polar surface area (TPSA) is 93.2 Å². The minimum atomic E-state index is -0.630. The Morgan fingerprint density at radius 1 is 1.56 bits per heavy atom. The molecule has 1 aromatic rings. The van der Waals surface area contributed by atoms with Crippen LogP contribution in [0, 0.1) is 10.1 Å². The van der Waals surface area contributed by atoms with E-state index in [4.69, 9.17) is 5.73 Å². The van der Waals surface area contributed by atoms with E-state index < -0.39 is 10.9 Å². The van der Waals surface area contributed by atoms with Crippen LogP contribution in [0.25, 0.3) is 5.73 Å². The molecule has 80 valence electrons. The molecule has 0 amide bonds. The fourth-order valence-corrected chi connectivity index (χ4v) is 1.13. The molecule has 0 atom stereocenters. The van der Waals surface area contributed by atoms with Crippen LogP contribution in [0.2, 0.25) is 0 Å². The zero-order valence-corrected chi connectivity index (χ0v) is 13.9. The number of carbonyl (C=O) groups is 1. The first-order valence-electron chi connectivity index (χ1n) is 4.10. The summed E-state index contributed by atoms with van der Waals surface area (Å²) in [5, 5.41) is 10.6. The molecule has 0 unspecified atom stereocenters. The van der Waals surface area contributed by atoms with Crippen LogP contribution in [0.5, 0.6) is 0 Å². The number of hydrogen-bond donors (Lipinski definition) is 0. The molecule has 0 aliphatic heterocycles. The van der Waals surface area contributed by atoms with Crippen LogP contribution >= 0.6 is 0 Å². The average Bonchev–Trinajstić information content (AvgIpc) is 2.27. The Hall–Kier alpha value is -0.145. The predicted octanol–water partition coefficient (Wildman–Crippen LogP) is -1.06. The maximum Gasteiger partial charge on any atom is 1.00 e. The molecule has 0 aliphatic carbocycles. The quantitative estimate of drug-likeness (QED) is 0.403. The van der Waals surface area contributed by atoms with Crippen molar-refractivity contribution in [2.24, 2.45) is 0 Å². The van der Waals surface area contributed by atoms with E-state index in [9.17, 15) is 14.9 Å². The van der Waals surface area contributed by atoms with Crippen molar-refractivity contribution < 1.29 is 72.6 Å². The van der Waals surface area contributed by atoms with E-state index in [-0.39, 0.29) is 81.5 Å². The van der Waals surface area contributed by atoms with Gasteiger partial charge >= 0.3 is 64.2 Å². The summed E-state index contributed by atoms with van der Waals surface area (Å²) in [6, 6.07) is 3.91. The number of esters is 1. The van der Waals surface area contributed by atoms with Gasteiger partial charge in [-0.15, -0.1) is 6.54 Å². The minimum Gasteiger partial charge on any atom is -0.673 e. The van der Waals surface area contributed by atoms with Gasteiger partial charge in [-0.2, -0.15) is 0 Å². The second-order valence-electron chi connectivity index (χ2n) is 2.77. The fraction of sp³-hybridized carbons (Fsp3) is 0.222. The molecule has 0 saturated heterocycles. The van der Waals surface area contributed by atoms with E-state index in [2.05, 4.69) is 4.74 Å². The smallest absolute Gasteiger partial charge is 0.673 e. The Balaban J connectivity index is 0.00000225. The Morgan fingerprint density at radius 2 is 2.19 bits per heavy atom. The van der Waals surface area contributed by atoms with Crippen molar-refractivity contribution in [3.63, 3.8) is 0 Å². The summed E-state index contributed by atoms with van der Waals surface area (Å²) in [6.07, 6.45) is 0. The van der Waals surface area contributed by atoms with Gasteiger partial charge in [-0.25, -0.2) is 4.79 Å². The van der Waals surface area contributed by atoms with E-state index in [1.54, 1.807) is 0 Å². The third kappa shape index (κ3) is 3.71. The van der Waals surface area contributed by atoms with Crippen LogP contribution in [0.3, 0.4) is 0 Å². The summed E-state index contributed by atoms with van der Waals surface area (Å²) in [6.45, 7) is -0.197. The molecule has 0 fully saturated rings. The Kier molecular flexibility index (Phi) is 7.17. The maximum atomic E-state index is 11.1. The van der Waals surface area contributed by atoms with Crippen LogP contribution in [0.1, 0.15) is 15.9 Å². The van der Waals surface area contributed by atoms with Gasteiger partial charge in [0, 0.05) is 11.6 Å². The Bertz CT molecular complexity index is 408. The van der Waals surface area contributed by atoms with Gasteiger partial charge < -0.3 is 10.5 Å². The fourth-order valence-electron chi connectivity index (χ4n) is 1.13. The summed E-state index contributed by atoms with van der Waals surface area (Å²) >= 11 is 0. The molecule has 7 heteroatoms. The molecule has 0 bridgehead atoms. The number of carbonyl (C=O) groups excluding carboxylic acids is 1.